The zero-order valence-corrected chi connectivity index (χ0v) is 22.6. The SMILES string of the molecule is CCc1nnc2sc(-c3ccc(C)c(NC(=S)NC(=O)c4cc(Br)cc(Br)c4OC)c3)nn12. The van der Waals surface area contributed by atoms with Gasteiger partial charge >= 0.3 is 0 Å². The minimum atomic E-state index is -0.388. The normalized spacial score (nSPS) is 10.9. The molecular weight excluding hydrogens is 592 g/mol. The maximum absolute atomic E-state index is 12.8. The molecule has 2 aromatic heterocycles. The van der Waals surface area contributed by atoms with E-state index in [9.17, 15) is 4.79 Å². The van der Waals surface area contributed by atoms with Gasteiger partial charge in [-0.1, -0.05) is 46.3 Å². The Bertz CT molecular complexity index is 1380. The summed E-state index contributed by atoms with van der Waals surface area (Å²) < 4.78 is 8.52. The number of carbonyl (C=O) groups is 1. The van der Waals surface area contributed by atoms with E-state index in [0.717, 1.165) is 43.5 Å². The van der Waals surface area contributed by atoms with Crippen LogP contribution < -0.4 is 15.4 Å². The third-order valence-corrected chi connectivity index (χ3v) is 6.99. The number of benzene rings is 2. The lowest BCUT2D eigenvalue weighted by atomic mass is 10.1. The highest BCUT2D eigenvalue weighted by Crippen LogP contribution is 2.33. The summed E-state index contributed by atoms with van der Waals surface area (Å²) in [5.74, 6) is 0.851. The van der Waals surface area contributed by atoms with Crippen molar-refractivity contribution in [3.8, 4) is 16.3 Å². The summed E-state index contributed by atoms with van der Waals surface area (Å²) in [4.78, 5) is 13.6. The smallest absolute Gasteiger partial charge is 0.261 e. The molecule has 12 heteroatoms. The minimum Gasteiger partial charge on any atom is -0.495 e. The molecule has 1 amide bonds. The molecule has 0 radical (unpaired) electrons. The van der Waals surface area contributed by atoms with E-state index >= 15 is 0 Å². The third kappa shape index (κ3) is 4.93. The van der Waals surface area contributed by atoms with Gasteiger partial charge < -0.3 is 10.1 Å². The number of thiocarbonyl (C=S) groups is 1. The molecule has 0 unspecified atom stereocenters. The van der Waals surface area contributed by atoms with Gasteiger partial charge in [0, 0.05) is 22.1 Å². The Morgan fingerprint density at radius 3 is 2.76 bits per heavy atom. The molecule has 8 nitrogen and oxygen atoms in total. The van der Waals surface area contributed by atoms with E-state index in [2.05, 4.69) is 57.8 Å². The predicted octanol–water partition coefficient (Wildman–Crippen LogP) is 5.38. The second-order valence-corrected chi connectivity index (χ2v) is 10.1. The largest absolute Gasteiger partial charge is 0.495 e. The summed E-state index contributed by atoms with van der Waals surface area (Å²) in [5, 5.41) is 19.8. The second kappa shape index (κ2) is 9.84. The molecule has 0 aliphatic heterocycles. The number of methoxy groups -OCH3 is 1. The van der Waals surface area contributed by atoms with E-state index < -0.39 is 0 Å². The Labute approximate surface area is 216 Å². The van der Waals surface area contributed by atoms with Crippen LogP contribution in [-0.2, 0) is 6.42 Å². The molecule has 2 aromatic carbocycles. The molecule has 4 aromatic rings. The molecule has 2 N–H and O–H groups in total. The molecule has 0 saturated heterocycles. The standard InChI is InChI=1S/C21H18Br2N6O2S2/c1-4-16-26-27-21-29(16)28-19(33-21)11-6-5-10(2)15(7-11)24-20(32)25-18(30)13-8-12(22)9-14(23)17(13)31-3/h5-9H,4H2,1-3H3,(H2,24,25,30,32). The molecule has 4 rings (SSSR count). The third-order valence-electron chi connectivity index (χ3n) is 4.79. The summed E-state index contributed by atoms with van der Waals surface area (Å²) in [6.45, 7) is 3.97. The Kier molecular flexibility index (Phi) is 7.07. The van der Waals surface area contributed by atoms with Crippen LogP contribution in [0.4, 0.5) is 5.69 Å². The Morgan fingerprint density at radius 2 is 2.03 bits per heavy atom. The van der Waals surface area contributed by atoms with Gasteiger partial charge in [-0.15, -0.1) is 10.2 Å². The minimum absolute atomic E-state index is 0.171. The van der Waals surface area contributed by atoms with E-state index in [1.807, 2.05) is 32.0 Å². The van der Waals surface area contributed by atoms with E-state index in [1.165, 1.54) is 18.4 Å². The van der Waals surface area contributed by atoms with Crippen molar-refractivity contribution in [1.82, 2.24) is 25.1 Å². The van der Waals surface area contributed by atoms with Gasteiger partial charge in [-0.25, -0.2) is 0 Å². The van der Waals surface area contributed by atoms with Crippen molar-refractivity contribution < 1.29 is 9.53 Å². The molecule has 0 aliphatic carbocycles. The molecular formula is C21H18Br2N6O2S2. The molecule has 2 heterocycles. The lowest BCUT2D eigenvalue weighted by molar-refractivity contribution is 0.0974. The van der Waals surface area contributed by atoms with Gasteiger partial charge in [0.15, 0.2) is 10.9 Å². The van der Waals surface area contributed by atoms with Crippen LogP contribution in [0.15, 0.2) is 39.3 Å². The first kappa shape index (κ1) is 23.7. The van der Waals surface area contributed by atoms with E-state index in [1.54, 1.807) is 16.6 Å². The van der Waals surface area contributed by atoms with Crippen molar-refractivity contribution >= 4 is 77.1 Å². The number of halogens is 2. The average Bonchev–Trinajstić information content (AvgIpc) is 3.35. The first-order valence-electron chi connectivity index (χ1n) is 9.78. The number of amides is 1. The fourth-order valence-electron chi connectivity index (χ4n) is 3.14. The van der Waals surface area contributed by atoms with Gasteiger partial charge in [0.25, 0.3) is 5.91 Å². The highest BCUT2D eigenvalue weighted by molar-refractivity contribution is 9.11. The Hall–Kier alpha value is -2.41. The molecule has 0 bridgehead atoms. The van der Waals surface area contributed by atoms with E-state index in [-0.39, 0.29) is 11.0 Å². The number of aryl methyl sites for hydroxylation is 2. The van der Waals surface area contributed by atoms with E-state index in [4.69, 9.17) is 17.0 Å². The van der Waals surface area contributed by atoms with Gasteiger partial charge in [-0.2, -0.15) is 9.61 Å². The summed E-state index contributed by atoms with van der Waals surface area (Å²) in [5.41, 5.74) is 2.99. The summed E-state index contributed by atoms with van der Waals surface area (Å²) >= 11 is 13.7. The highest BCUT2D eigenvalue weighted by atomic mass is 79.9. The first-order chi connectivity index (χ1) is 15.8. The van der Waals surface area contributed by atoms with Gasteiger partial charge in [-0.05, 0) is 58.8 Å². The lowest BCUT2D eigenvalue weighted by Crippen LogP contribution is -2.34. The van der Waals surface area contributed by atoms with Gasteiger partial charge in [0.1, 0.15) is 10.8 Å². The van der Waals surface area contributed by atoms with Crippen LogP contribution >= 0.6 is 55.4 Å². The number of rotatable bonds is 5. The van der Waals surface area contributed by atoms with Gasteiger partial charge in [-0.3, -0.25) is 10.1 Å². The Balaban J connectivity index is 1.55. The zero-order chi connectivity index (χ0) is 23.7. The summed E-state index contributed by atoms with van der Waals surface area (Å²) in [6, 6.07) is 9.38. The molecule has 0 spiro atoms. The number of nitrogens with zero attached hydrogens (tertiary/aromatic N) is 4. The van der Waals surface area contributed by atoms with Gasteiger partial charge in [0.05, 0.1) is 17.1 Å². The number of aromatic nitrogens is 4. The Morgan fingerprint density at radius 1 is 1.24 bits per heavy atom. The number of anilines is 1. The fraction of sp³-hybridized carbons (Fsp3) is 0.190. The van der Waals surface area contributed by atoms with Crippen LogP contribution in [0.1, 0.15) is 28.7 Å². The lowest BCUT2D eigenvalue weighted by Gasteiger charge is -2.14. The first-order valence-corrected chi connectivity index (χ1v) is 12.6. The maximum atomic E-state index is 12.8. The van der Waals surface area contributed by atoms with Gasteiger partial charge in [0.2, 0.25) is 4.96 Å². The fourth-order valence-corrected chi connectivity index (χ4v) is 5.59. The molecule has 33 heavy (non-hydrogen) atoms. The monoisotopic (exact) mass is 608 g/mol. The van der Waals surface area contributed by atoms with Crippen molar-refractivity contribution in [2.24, 2.45) is 0 Å². The van der Waals surface area contributed by atoms with Crippen molar-refractivity contribution in [3.05, 3.63) is 56.2 Å². The molecule has 0 aliphatic rings. The maximum Gasteiger partial charge on any atom is 0.261 e. The van der Waals surface area contributed by atoms with Crippen LogP contribution in [-0.4, -0.2) is 37.9 Å². The van der Waals surface area contributed by atoms with Crippen molar-refractivity contribution in [2.75, 3.05) is 12.4 Å². The zero-order valence-electron chi connectivity index (χ0n) is 17.8. The molecule has 0 atom stereocenters. The average molecular weight is 610 g/mol. The predicted molar refractivity (Wildman–Crippen MR) is 140 cm³/mol. The quantitative estimate of drug-likeness (QED) is 0.293. The summed E-state index contributed by atoms with van der Waals surface area (Å²) in [7, 11) is 1.51. The number of carbonyl (C=O) groups excluding carboxylic acids is 1. The van der Waals surface area contributed by atoms with Crippen LogP contribution in [0.2, 0.25) is 0 Å². The van der Waals surface area contributed by atoms with Crippen molar-refractivity contribution in [1.29, 1.82) is 0 Å². The van der Waals surface area contributed by atoms with Crippen LogP contribution in [0, 0.1) is 6.92 Å². The number of fused-ring (bicyclic) bond motifs is 1. The number of ether oxygens (including phenoxy) is 1. The van der Waals surface area contributed by atoms with Crippen molar-refractivity contribution in [2.45, 2.75) is 20.3 Å². The molecule has 170 valence electrons. The number of hydrogen-bond acceptors (Lipinski definition) is 7. The topological polar surface area (TPSA) is 93.4 Å². The number of nitrogens with one attached hydrogen (secondary N) is 2. The van der Waals surface area contributed by atoms with Crippen LogP contribution in [0.25, 0.3) is 15.5 Å². The highest BCUT2D eigenvalue weighted by Gasteiger charge is 2.18. The molecule has 0 saturated carbocycles. The van der Waals surface area contributed by atoms with E-state index in [0.29, 0.717) is 15.8 Å². The van der Waals surface area contributed by atoms with Crippen LogP contribution in [0.5, 0.6) is 5.75 Å². The van der Waals surface area contributed by atoms with Crippen LogP contribution in [0.3, 0.4) is 0 Å². The second-order valence-electron chi connectivity index (χ2n) is 6.98. The van der Waals surface area contributed by atoms with Crippen molar-refractivity contribution in [3.63, 3.8) is 0 Å². The summed E-state index contributed by atoms with van der Waals surface area (Å²) in [6.07, 6.45) is 0.748. The molecule has 0 fully saturated rings. The number of hydrogen-bond donors (Lipinski definition) is 2.